The first-order chi connectivity index (χ1) is 7.61. The Bertz CT molecular complexity index is 374. The topological polar surface area (TPSA) is 44.1 Å². The normalized spacial score (nSPS) is 10.5. The Labute approximate surface area is 104 Å². The maximum absolute atomic E-state index is 11.4. The van der Waals surface area contributed by atoms with Gasteiger partial charge in [-0.2, -0.15) is 0 Å². The average Bonchev–Trinajstić information content (AvgIpc) is 2.56. The van der Waals surface area contributed by atoms with Gasteiger partial charge in [-0.25, -0.2) is 9.78 Å². The van der Waals surface area contributed by atoms with Gasteiger partial charge in [-0.3, -0.25) is 0 Å². The Balaban J connectivity index is 2.85. The van der Waals surface area contributed by atoms with Crippen LogP contribution >= 0.6 is 15.9 Å². The number of imidazole rings is 1. The van der Waals surface area contributed by atoms with Gasteiger partial charge in [0.1, 0.15) is 10.4 Å². The molecule has 0 aliphatic rings. The molecular weight excluding hydrogens is 272 g/mol. The Morgan fingerprint density at radius 3 is 2.75 bits per heavy atom. The minimum Gasteiger partial charge on any atom is -0.464 e. The van der Waals surface area contributed by atoms with Crippen LogP contribution in [0.4, 0.5) is 0 Å². The van der Waals surface area contributed by atoms with Crippen LogP contribution in [-0.4, -0.2) is 22.6 Å². The molecule has 16 heavy (non-hydrogen) atoms. The number of hydrogen-bond donors (Lipinski definition) is 0. The SMILES string of the molecule is CCCCCn1c(C)nc(C(=O)OC)c1Br. The minimum atomic E-state index is -0.399. The highest BCUT2D eigenvalue weighted by molar-refractivity contribution is 9.10. The van der Waals surface area contributed by atoms with E-state index in [-0.39, 0.29) is 0 Å². The number of ether oxygens (including phenoxy) is 1. The Hall–Kier alpha value is -0.840. The third kappa shape index (κ3) is 2.84. The molecule has 0 saturated carbocycles. The van der Waals surface area contributed by atoms with E-state index < -0.39 is 5.97 Å². The van der Waals surface area contributed by atoms with Crippen LogP contribution < -0.4 is 0 Å². The zero-order valence-corrected chi connectivity index (χ0v) is 11.5. The summed E-state index contributed by atoms with van der Waals surface area (Å²) in [6.07, 6.45) is 3.44. The van der Waals surface area contributed by atoms with Crippen LogP contribution in [0.1, 0.15) is 42.5 Å². The number of esters is 1. The van der Waals surface area contributed by atoms with Gasteiger partial charge in [0.15, 0.2) is 5.69 Å². The molecule has 0 amide bonds. The van der Waals surface area contributed by atoms with Crippen molar-refractivity contribution in [3.8, 4) is 0 Å². The number of nitrogens with zero attached hydrogens (tertiary/aromatic N) is 2. The summed E-state index contributed by atoms with van der Waals surface area (Å²) in [6, 6.07) is 0. The molecule has 1 aromatic heterocycles. The first-order valence-electron chi connectivity index (χ1n) is 5.42. The molecule has 4 nitrogen and oxygen atoms in total. The summed E-state index contributed by atoms with van der Waals surface area (Å²) in [7, 11) is 1.36. The lowest BCUT2D eigenvalue weighted by Crippen LogP contribution is -2.04. The number of hydrogen-bond acceptors (Lipinski definition) is 3. The monoisotopic (exact) mass is 288 g/mol. The number of aryl methyl sites for hydroxylation is 1. The average molecular weight is 289 g/mol. The maximum atomic E-state index is 11.4. The predicted molar refractivity (Wildman–Crippen MR) is 65.5 cm³/mol. The molecule has 5 heteroatoms. The fourth-order valence-electron chi connectivity index (χ4n) is 1.54. The van der Waals surface area contributed by atoms with Crippen LogP contribution in [0.5, 0.6) is 0 Å². The Morgan fingerprint density at radius 2 is 2.19 bits per heavy atom. The first-order valence-corrected chi connectivity index (χ1v) is 6.22. The number of rotatable bonds is 5. The van der Waals surface area contributed by atoms with Crippen LogP contribution in [0.15, 0.2) is 4.60 Å². The van der Waals surface area contributed by atoms with Crippen molar-refractivity contribution in [3.63, 3.8) is 0 Å². The van der Waals surface area contributed by atoms with Crippen LogP contribution in [0.25, 0.3) is 0 Å². The second-order valence-corrected chi connectivity index (χ2v) is 4.40. The summed E-state index contributed by atoms with van der Waals surface area (Å²) in [5.74, 6) is 0.438. The van der Waals surface area contributed by atoms with E-state index in [0.717, 1.165) is 18.8 Å². The minimum absolute atomic E-state index is 0.358. The van der Waals surface area contributed by atoms with Gasteiger partial charge < -0.3 is 9.30 Å². The third-order valence-corrected chi connectivity index (χ3v) is 3.26. The second kappa shape index (κ2) is 6.03. The zero-order chi connectivity index (χ0) is 12.1. The molecule has 0 aliphatic heterocycles. The van der Waals surface area contributed by atoms with Crippen molar-refractivity contribution in [2.45, 2.75) is 39.7 Å². The van der Waals surface area contributed by atoms with Crippen LogP contribution in [0, 0.1) is 6.92 Å². The van der Waals surface area contributed by atoms with E-state index in [2.05, 4.69) is 32.6 Å². The Morgan fingerprint density at radius 1 is 1.50 bits per heavy atom. The molecule has 1 aromatic rings. The third-order valence-electron chi connectivity index (χ3n) is 2.46. The van der Waals surface area contributed by atoms with Crippen LogP contribution in [0.2, 0.25) is 0 Å². The first kappa shape index (κ1) is 13.2. The van der Waals surface area contributed by atoms with Crippen LogP contribution in [-0.2, 0) is 11.3 Å². The van der Waals surface area contributed by atoms with E-state index in [4.69, 9.17) is 0 Å². The predicted octanol–water partition coefficient (Wildman–Crippen LogP) is 2.93. The molecule has 0 N–H and O–H groups in total. The van der Waals surface area contributed by atoms with Gasteiger partial charge in [-0.15, -0.1) is 0 Å². The second-order valence-electron chi connectivity index (χ2n) is 3.65. The number of halogens is 1. The number of aromatic nitrogens is 2. The number of carbonyl (C=O) groups is 1. The van der Waals surface area contributed by atoms with Crippen molar-refractivity contribution in [1.29, 1.82) is 0 Å². The highest BCUT2D eigenvalue weighted by atomic mass is 79.9. The largest absolute Gasteiger partial charge is 0.464 e. The summed E-state index contributed by atoms with van der Waals surface area (Å²) in [5.41, 5.74) is 0.358. The van der Waals surface area contributed by atoms with Crippen molar-refractivity contribution in [2.75, 3.05) is 7.11 Å². The van der Waals surface area contributed by atoms with Gasteiger partial charge in [-0.1, -0.05) is 19.8 Å². The zero-order valence-electron chi connectivity index (χ0n) is 9.92. The molecule has 0 unspecified atom stereocenters. The molecular formula is C11H17BrN2O2. The lowest BCUT2D eigenvalue weighted by Gasteiger charge is -2.05. The van der Waals surface area contributed by atoms with E-state index in [1.807, 2.05) is 11.5 Å². The number of methoxy groups -OCH3 is 1. The fraction of sp³-hybridized carbons (Fsp3) is 0.636. The van der Waals surface area contributed by atoms with Gasteiger partial charge >= 0.3 is 5.97 Å². The molecule has 1 heterocycles. The standard InChI is InChI=1S/C11H17BrN2O2/c1-4-5-6-7-14-8(2)13-9(10(14)12)11(15)16-3/h4-7H2,1-3H3. The van der Waals surface area contributed by atoms with Gasteiger partial charge in [0.25, 0.3) is 0 Å². The van der Waals surface area contributed by atoms with E-state index in [1.54, 1.807) is 0 Å². The molecule has 0 aromatic carbocycles. The lowest BCUT2D eigenvalue weighted by atomic mass is 10.2. The number of unbranched alkanes of at least 4 members (excludes halogenated alkanes) is 2. The molecule has 0 radical (unpaired) electrons. The summed E-state index contributed by atoms with van der Waals surface area (Å²) in [6.45, 7) is 4.93. The molecule has 0 aliphatic carbocycles. The summed E-state index contributed by atoms with van der Waals surface area (Å²) < 4.78 is 7.38. The van der Waals surface area contributed by atoms with E-state index in [0.29, 0.717) is 10.3 Å². The highest BCUT2D eigenvalue weighted by Crippen LogP contribution is 2.20. The molecule has 1 rings (SSSR count). The molecule has 0 bridgehead atoms. The summed E-state index contributed by atoms with van der Waals surface area (Å²) in [5, 5.41) is 0. The molecule has 90 valence electrons. The quantitative estimate of drug-likeness (QED) is 0.618. The van der Waals surface area contributed by atoms with Crippen molar-refractivity contribution in [2.24, 2.45) is 0 Å². The van der Waals surface area contributed by atoms with Gasteiger partial charge in [-0.05, 0) is 29.3 Å². The number of carbonyl (C=O) groups excluding carboxylic acids is 1. The van der Waals surface area contributed by atoms with Crippen molar-refractivity contribution in [1.82, 2.24) is 9.55 Å². The molecule has 0 atom stereocenters. The molecule has 0 fully saturated rings. The van der Waals surface area contributed by atoms with Gasteiger partial charge in [0, 0.05) is 6.54 Å². The highest BCUT2D eigenvalue weighted by Gasteiger charge is 2.18. The Kier molecular flexibility index (Phi) is 4.99. The maximum Gasteiger partial charge on any atom is 0.359 e. The summed E-state index contributed by atoms with van der Waals surface area (Å²) >= 11 is 3.40. The van der Waals surface area contributed by atoms with Gasteiger partial charge in [0.2, 0.25) is 0 Å². The van der Waals surface area contributed by atoms with E-state index in [1.165, 1.54) is 20.0 Å². The van der Waals surface area contributed by atoms with E-state index >= 15 is 0 Å². The molecule has 0 spiro atoms. The fourth-order valence-corrected chi connectivity index (χ4v) is 2.23. The van der Waals surface area contributed by atoms with Crippen molar-refractivity contribution in [3.05, 3.63) is 16.1 Å². The van der Waals surface area contributed by atoms with Crippen molar-refractivity contribution >= 4 is 21.9 Å². The smallest absolute Gasteiger partial charge is 0.359 e. The van der Waals surface area contributed by atoms with Gasteiger partial charge in [0.05, 0.1) is 7.11 Å². The molecule has 0 saturated heterocycles. The van der Waals surface area contributed by atoms with Crippen LogP contribution in [0.3, 0.4) is 0 Å². The summed E-state index contributed by atoms with van der Waals surface area (Å²) in [4.78, 5) is 15.6. The van der Waals surface area contributed by atoms with E-state index in [9.17, 15) is 4.79 Å². The lowest BCUT2D eigenvalue weighted by molar-refractivity contribution is 0.0593. The van der Waals surface area contributed by atoms with Crippen molar-refractivity contribution < 1.29 is 9.53 Å².